The molecule has 4 rings (SSSR count). The second kappa shape index (κ2) is 8.76. The summed E-state index contributed by atoms with van der Waals surface area (Å²) in [6.45, 7) is 4.77. The van der Waals surface area contributed by atoms with Crippen molar-refractivity contribution in [2.45, 2.75) is 57.9 Å². The van der Waals surface area contributed by atoms with Gasteiger partial charge >= 0.3 is 0 Å². The summed E-state index contributed by atoms with van der Waals surface area (Å²) in [7, 11) is 0. The first-order valence-corrected chi connectivity index (χ1v) is 11.4. The quantitative estimate of drug-likeness (QED) is 0.588. The lowest BCUT2D eigenvalue weighted by Crippen LogP contribution is -2.27. The number of rotatable bonds is 4. The van der Waals surface area contributed by atoms with E-state index in [-0.39, 0.29) is 22.9 Å². The summed E-state index contributed by atoms with van der Waals surface area (Å²) in [5.41, 5.74) is 10.2. The summed E-state index contributed by atoms with van der Waals surface area (Å²) in [5, 5.41) is 0.420. The van der Waals surface area contributed by atoms with Gasteiger partial charge < -0.3 is 10.5 Å². The number of nitrogens with two attached hydrogens (primary N) is 1. The maximum Gasteiger partial charge on any atom is 0.163 e. The fourth-order valence-electron chi connectivity index (χ4n) is 5.11. The van der Waals surface area contributed by atoms with Gasteiger partial charge in [-0.1, -0.05) is 36.2 Å². The third kappa shape index (κ3) is 4.16. The zero-order chi connectivity index (χ0) is 22.2. The minimum Gasteiger partial charge on any atom is -0.492 e. The first kappa shape index (κ1) is 22.0. The molecule has 1 aliphatic carbocycles. The molecule has 0 bridgehead atoms. The lowest BCUT2D eigenvalue weighted by molar-refractivity contribution is -0.119. The maximum atomic E-state index is 13.5. The summed E-state index contributed by atoms with van der Waals surface area (Å²) < 4.78 is 19.5. The normalized spacial score (nSPS) is 23.7. The van der Waals surface area contributed by atoms with Crippen molar-refractivity contribution < 1.29 is 13.9 Å². The molecule has 164 valence electrons. The second-order valence-electron chi connectivity index (χ2n) is 8.99. The lowest BCUT2D eigenvalue weighted by atomic mass is 9.75. The van der Waals surface area contributed by atoms with E-state index in [0.717, 1.165) is 49.0 Å². The molecule has 1 aliphatic heterocycles. The number of aryl methyl sites for hydroxylation is 1. The van der Waals surface area contributed by atoms with Crippen LogP contribution in [0.5, 0.6) is 5.75 Å². The van der Waals surface area contributed by atoms with E-state index in [2.05, 4.69) is 6.07 Å². The first-order chi connectivity index (χ1) is 14.8. The van der Waals surface area contributed by atoms with Crippen molar-refractivity contribution in [2.75, 3.05) is 6.61 Å². The highest BCUT2D eigenvalue weighted by Crippen LogP contribution is 2.48. The van der Waals surface area contributed by atoms with E-state index in [0.29, 0.717) is 29.3 Å². The van der Waals surface area contributed by atoms with E-state index >= 15 is 0 Å². The predicted molar refractivity (Wildman–Crippen MR) is 123 cm³/mol. The molecule has 1 fully saturated rings. The monoisotopic (exact) mass is 441 g/mol. The van der Waals surface area contributed by atoms with Gasteiger partial charge in [-0.05, 0) is 74.4 Å². The average Bonchev–Trinajstić information content (AvgIpc) is 2.97. The summed E-state index contributed by atoms with van der Waals surface area (Å²) in [4.78, 5) is 13.3. The van der Waals surface area contributed by atoms with Gasteiger partial charge in [0, 0.05) is 29.0 Å². The Balaban J connectivity index is 1.55. The topological polar surface area (TPSA) is 52.3 Å². The van der Waals surface area contributed by atoms with Crippen molar-refractivity contribution in [1.82, 2.24) is 0 Å². The van der Waals surface area contributed by atoms with Crippen LogP contribution in [0.15, 0.2) is 42.0 Å². The average molecular weight is 442 g/mol. The van der Waals surface area contributed by atoms with Crippen molar-refractivity contribution in [2.24, 2.45) is 11.7 Å². The molecule has 5 heteroatoms. The van der Waals surface area contributed by atoms with Crippen LogP contribution in [0.25, 0.3) is 5.03 Å². The van der Waals surface area contributed by atoms with Gasteiger partial charge in [-0.2, -0.15) is 0 Å². The van der Waals surface area contributed by atoms with Gasteiger partial charge in [0.25, 0.3) is 0 Å². The Morgan fingerprint density at radius 1 is 1.23 bits per heavy atom. The van der Waals surface area contributed by atoms with Crippen LogP contribution in [0, 0.1) is 18.7 Å². The van der Waals surface area contributed by atoms with Crippen LogP contribution in [0.1, 0.15) is 61.3 Å². The van der Waals surface area contributed by atoms with E-state index in [4.69, 9.17) is 22.1 Å². The van der Waals surface area contributed by atoms with Crippen molar-refractivity contribution >= 4 is 22.4 Å². The first-order valence-electron chi connectivity index (χ1n) is 11.0. The third-order valence-electron chi connectivity index (χ3n) is 7.03. The standard InChI is InChI=1S/C26H29ClFNO2/c1-16-12-20(28)6-7-21(16)24(27)17(2)25(30)19-4-3-10-26(11-9-19)15-31-23-8-5-18(14-29)13-22(23)26/h5-8,12-13,19H,3-4,9-11,14-15,29H2,1-2H3/b24-17-. The summed E-state index contributed by atoms with van der Waals surface area (Å²) in [6, 6.07) is 10.7. The summed E-state index contributed by atoms with van der Waals surface area (Å²) >= 11 is 6.59. The van der Waals surface area contributed by atoms with Crippen LogP contribution in [-0.2, 0) is 16.8 Å². The van der Waals surface area contributed by atoms with Gasteiger partial charge in [-0.15, -0.1) is 0 Å². The van der Waals surface area contributed by atoms with Crippen LogP contribution < -0.4 is 10.5 Å². The molecule has 2 atom stereocenters. The van der Waals surface area contributed by atoms with Crippen LogP contribution in [0.4, 0.5) is 4.39 Å². The Morgan fingerprint density at radius 3 is 2.77 bits per heavy atom. The molecular formula is C26H29ClFNO2. The molecule has 0 aromatic heterocycles. The Labute approximate surface area is 188 Å². The maximum absolute atomic E-state index is 13.5. The van der Waals surface area contributed by atoms with Crippen molar-refractivity contribution in [3.05, 3.63) is 70.0 Å². The zero-order valence-electron chi connectivity index (χ0n) is 18.1. The van der Waals surface area contributed by atoms with Crippen LogP contribution in [0.3, 0.4) is 0 Å². The number of fused-ring (bicyclic) bond motifs is 2. The van der Waals surface area contributed by atoms with Gasteiger partial charge in [-0.25, -0.2) is 4.39 Å². The largest absolute Gasteiger partial charge is 0.492 e. The Morgan fingerprint density at radius 2 is 2.03 bits per heavy atom. The van der Waals surface area contributed by atoms with Crippen molar-refractivity contribution in [3.63, 3.8) is 0 Å². The second-order valence-corrected chi connectivity index (χ2v) is 9.37. The molecule has 1 heterocycles. The Kier molecular flexibility index (Phi) is 6.23. The highest BCUT2D eigenvalue weighted by atomic mass is 35.5. The minimum absolute atomic E-state index is 0.0372. The molecule has 2 unspecified atom stereocenters. The highest BCUT2D eigenvalue weighted by Gasteiger charge is 2.43. The molecule has 3 nitrogen and oxygen atoms in total. The van der Waals surface area contributed by atoms with Gasteiger partial charge in [0.05, 0.1) is 11.6 Å². The number of carbonyl (C=O) groups excluding carboxylic acids is 1. The fourth-order valence-corrected chi connectivity index (χ4v) is 5.42. The van der Waals surface area contributed by atoms with Crippen molar-refractivity contribution in [1.29, 1.82) is 0 Å². The fraction of sp³-hybridized carbons (Fsp3) is 0.423. The highest BCUT2D eigenvalue weighted by molar-refractivity contribution is 6.51. The number of carbonyl (C=O) groups is 1. The van der Waals surface area contributed by atoms with Crippen LogP contribution >= 0.6 is 11.6 Å². The SMILES string of the molecule is C/C(C(=O)C1CCCC2(CC1)COc1ccc(CN)cc12)=C(/Cl)c1ccc(F)cc1C. The molecule has 0 saturated heterocycles. The number of allylic oxidation sites excluding steroid dienone is 1. The number of ether oxygens (including phenoxy) is 1. The zero-order valence-corrected chi connectivity index (χ0v) is 18.9. The third-order valence-corrected chi connectivity index (χ3v) is 7.52. The molecule has 2 aliphatic rings. The smallest absolute Gasteiger partial charge is 0.163 e. The molecule has 0 amide bonds. The number of Topliss-reactive ketones (excluding diaryl/α,β-unsaturated/α-hetero) is 1. The summed E-state index contributed by atoms with van der Waals surface area (Å²) in [6.07, 6.45) is 4.53. The van der Waals surface area contributed by atoms with Gasteiger partial charge in [-0.3, -0.25) is 4.79 Å². The number of hydrogen-bond donors (Lipinski definition) is 1. The number of halogens is 2. The molecule has 2 aromatic carbocycles. The molecule has 0 radical (unpaired) electrons. The number of benzene rings is 2. The van der Waals surface area contributed by atoms with E-state index in [1.54, 1.807) is 19.9 Å². The lowest BCUT2D eigenvalue weighted by Gasteiger charge is -2.26. The summed E-state index contributed by atoms with van der Waals surface area (Å²) in [5.74, 6) is 0.685. The van der Waals surface area contributed by atoms with E-state index in [9.17, 15) is 9.18 Å². The van der Waals surface area contributed by atoms with Crippen molar-refractivity contribution in [3.8, 4) is 5.75 Å². The number of hydrogen-bond acceptors (Lipinski definition) is 3. The van der Waals surface area contributed by atoms with Crippen LogP contribution in [0.2, 0.25) is 0 Å². The van der Waals surface area contributed by atoms with E-state index < -0.39 is 0 Å². The Bertz CT molecular complexity index is 1050. The van der Waals surface area contributed by atoms with E-state index in [1.807, 2.05) is 12.1 Å². The van der Waals surface area contributed by atoms with Crippen LogP contribution in [-0.4, -0.2) is 12.4 Å². The molecule has 1 saturated carbocycles. The minimum atomic E-state index is -0.305. The predicted octanol–water partition coefficient (Wildman–Crippen LogP) is 6.04. The van der Waals surface area contributed by atoms with Gasteiger partial charge in [0.2, 0.25) is 0 Å². The molecule has 2 aromatic rings. The molecular weight excluding hydrogens is 413 g/mol. The molecule has 31 heavy (non-hydrogen) atoms. The van der Waals surface area contributed by atoms with E-state index in [1.165, 1.54) is 17.7 Å². The number of ketones is 1. The van der Waals surface area contributed by atoms with Gasteiger partial charge in [0.1, 0.15) is 11.6 Å². The van der Waals surface area contributed by atoms with Gasteiger partial charge in [0.15, 0.2) is 5.78 Å². The molecule has 2 N–H and O–H groups in total. The molecule has 1 spiro atoms. The Hall–Kier alpha value is -2.17.